The van der Waals surface area contributed by atoms with Crippen LogP contribution in [0.3, 0.4) is 0 Å². The largest absolute Gasteiger partial charge is 0.494 e. The second-order valence-corrected chi connectivity index (χ2v) is 6.48. The molecule has 3 nitrogen and oxygen atoms in total. The maximum atomic E-state index is 11.5. The molecule has 0 unspecified atom stereocenters. The molecule has 0 saturated heterocycles. The standard InChI is InChI=1S/C20H33NO2/c1-4-5-6-7-8-9-14-23-19-12-10-18(11-13-19)15-21-16-20(22)17(2)3/h10-13,17,21H,4-9,14-16H2,1-3H3. The number of rotatable bonds is 13. The van der Waals surface area contributed by atoms with Crippen LogP contribution in [0.1, 0.15) is 64.9 Å². The third-order valence-electron chi connectivity index (χ3n) is 3.96. The van der Waals surface area contributed by atoms with Crippen molar-refractivity contribution in [3.8, 4) is 5.75 Å². The Balaban J connectivity index is 2.14. The molecule has 1 aromatic carbocycles. The van der Waals surface area contributed by atoms with Gasteiger partial charge in [-0.1, -0.05) is 65.0 Å². The molecule has 3 heteroatoms. The van der Waals surface area contributed by atoms with E-state index in [9.17, 15) is 4.79 Å². The fraction of sp³-hybridized carbons (Fsp3) is 0.650. The lowest BCUT2D eigenvalue weighted by Gasteiger charge is -2.09. The van der Waals surface area contributed by atoms with Crippen molar-refractivity contribution >= 4 is 5.78 Å². The van der Waals surface area contributed by atoms with E-state index in [2.05, 4.69) is 24.4 Å². The molecule has 0 fully saturated rings. The molecule has 1 rings (SSSR count). The van der Waals surface area contributed by atoms with E-state index in [0.29, 0.717) is 6.54 Å². The first-order valence-corrected chi connectivity index (χ1v) is 9.08. The maximum Gasteiger partial charge on any atom is 0.149 e. The molecular formula is C20H33NO2. The molecule has 1 aromatic rings. The van der Waals surface area contributed by atoms with Crippen molar-refractivity contribution in [2.45, 2.75) is 65.8 Å². The van der Waals surface area contributed by atoms with Crippen molar-refractivity contribution in [3.63, 3.8) is 0 Å². The van der Waals surface area contributed by atoms with E-state index in [1.807, 2.05) is 26.0 Å². The summed E-state index contributed by atoms with van der Waals surface area (Å²) < 4.78 is 5.77. The summed E-state index contributed by atoms with van der Waals surface area (Å²) in [6.45, 7) is 8.06. The Labute approximate surface area is 141 Å². The number of ketones is 1. The van der Waals surface area contributed by atoms with Gasteiger partial charge in [-0.3, -0.25) is 4.79 Å². The first kappa shape index (κ1) is 19.7. The molecule has 0 amide bonds. The summed E-state index contributed by atoms with van der Waals surface area (Å²) in [5.74, 6) is 1.28. The summed E-state index contributed by atoms with van der Waals surface area (Å²) >= 11 is 0. The van der Waals surface area contributed by atoms with Crippen molar-refractivity contribution in [1.29, 1.82) is 0 Å². The SMILES string of the molecule is CCCCCCCCOc1ccc(CNCC(=O)C(C)C)cc1. The van der Waals surface area contributed by atoms with E-state index in [1.54, 1.807) is 0 Å². The fourth-order valence-corrected chi connectivity index (χ4v) is 2.31. The van der Waals surface area contributed by atoms with Gasteiger partial charge in [0.25, 0.3) is 0 Å². The average molecular weight is 319 g/mol. The summed E-state index contributed by atoms with van der Waals surface area (Å²) in [6.07, 6.45) is 7.69. The molecule has 0 spiro atoms. The Hall–Kier alpha value is -1.35. The van der Waals surface area contributed by atoms with Gasteiger partial charge in [0.05, 0.1) is 13.2 Å². The monoisotopic (exact) mass is 319 g/mol. The number of Topliss-reactive ketones (excluding diaryl/α,β-unsaturated/α-hetero) is 1. The van der Waals surface area contributed by atoms with Gasteiger partial charge in [0.2, 0.25) is 0 Å². The highest BCUT2D eigenvalue weighted by Crippen LogP contribution is 2.13. The molecule has 0 heterocycles. The predicted molar refractivity (Wildman–Crippen MR) is 96.9 cm³/mol. The quantitative estimate of drug-likeness (QED) is 0.534. The summed E-state index contributed by atoms with van der Waals surface area (Å²) in [4.78, 5) is 11.5. The zero-order valence-electron chi connectivity index (χ0n) is 15.1. The Kier molecular flexibility index (Phi) is 10.4. The van der Waals surface area contributed by atoms with Crippen molar-refractivity contribution in [1.82, 2.24) is 5.32 Å². The smallest absolute Gasteiger partial charge is 0.149 e. The van der Waals surface area contributed by atoms with E-state index in [1.165, 1.54) is 37.7 Å². The molecule has 0 saturated carbocycles. The molecule has 130 valence electrons. The molecule has 1 N–H and O–H groups in total. The minimum atomic E-state index is 0.0975. The van der Waals surface area contributed by atoms with Crippen LogP contribution in [0.5, 0.6) is 5.75 Å². The summed E-state index contributed by atoms with van der Waals surface area (Å²) in [7, 11) is 0. The van der Waals surface area contributed by atoms with Gasteiger partial charge in [-0.15, -0.1) is 0 Å². The van der Waals surface area contributed by atoms with Gasteiger partial charge in [-0.2, -0.15) is 0 Å². The van der Waals surface area contributed by atoms with Gasteiger partial charge in [0.15, 0.2) is 0 Å². The van der Waals surface area contributed by atoms with Crippen molar-refractivity contribution < 1.29 is 9.53 Å². The van der Waals surface area contributed by atoms with Crippen molar-refractivity contribution in [2.75, 3.05) is 13.2 Å². The summed E-state index contributed by atoms with van der Waals surface area (Å²) in [6, 6.07) is 8.14. The molecule has 0 radical (unpaired) electrons. The van der Waals surface area contributed by atoms with Crippen LogP contribution in [0.15, 0.2) is 24.3 Å². The van der Waals surface area contributed by atoms with Crippen LogP contribution < -0.4 is 10.1 Å². The molecule has 0 aliphatic rings. The number of carbonyl (C=O) groups is 1. The Bertz CT molecular complexity index is 426. The van der Waals surface area contributed by atoms with Crippen LogP contribution in [0.25, 0.3) is 0 Å². The zero-order valence-corrected chi connectivity index (χ0v) is 15.1. The minimum absolute atomic E-state index is 0.0975. The number of unbranched alkanes of at least 4 members (excludes halogenated alkanes) is 5. The summed E-state index contributed by atoms with van der Waals surface area (Å²) in [5.41, 5.74) is 1.17. The van der Waals surface area contributed by atoms with Crippen LogP contribution in [0, 0.1) is 5.92 Å². The predicted octanol–water partition coefficient (Wildman–Crippen LogP) is 4.74. The first-order chi connectivity index (χ1) is 11.1. The van der Waals surface area contributed by atoms with Crippen LogP contribution in [-0.2, 0) is 11.3 Å². The van der Waals surface area contributed by atoms with E-state index in [-0.39, 0.29) is 11.7 Å². The van der Waals surface area contributed by atoms with Gasteiger partial charge in [0.1, 0.15) is 11.5 Å². The Morgan fingerprint density at radius 1 is 1.04 bits per heavy atom. The van der Waals surface area contributed by atoms with Crippen molar-refractivity contribution in [2.24, 2.45) is 5.92 Å². The van der Waals surface area contributed by atoms with Gasteiger partial charge in [-0.05, 0) is 24.1 Å². The number of hydrogen-bond donors (Lipinski definition) is 1. The lowest BCUT2D eigenvalue weighted by Crippen LogP contribution is -2.25. The van der Waals surface area contributed by atoms with Gasteiger partial charge >= 0.3 is 0 Å². The van der Waals surface area contributed by atoms with Crippen molar-refractivity contribution in [3.05, 3.63) is 29.8 Å². The lowest BCUT2D eigenvalue weighted by molar-refractivity contribution is -0.121. The maximum absolute atomic E-state index is 11.5. The molecule has 0 aliphatic heterocycles. The van der Waals surface area contributed by atoms with Gasteiger partial charge in [-0.25, -0.2) is 0 Å². The number of ether oxygens (including phenoxy) is 1. The number of benzene rings is 1. The normalized spacial score (nSPS) is 11.0. The second-order valence-electron chi connectivity index (χ2n) is 6.48. The molecule has 23 heavy (non-hydrogen) atoms. The van der Waals surface area contributed by atoms with Crippen LogP contribution >= 0.6 is 0 Å². The summed E-state index contributed by atoms with van der Waals surface area (Å²) in [5, 5.41) is 3.19. The highest BCUT2D eigenvalue weighted by atomic mass is 16.5. The lowest BCUT2D eigenvalue weighted by atomic mass is 10.1. The zero-order chi connectivity index (χ0) is 16.9. The van der Waals surface area contributed by atoms with Gasteiger partial charge in [0, 0.05) is 12.5 Å². The third-order valence-corrected chi connectivity index (χ3v) is 3.96. The minimum Gasteiger partial charge on any atom is -0.494 e. The molecule has 0 aromatic heterocycles. The molecular weight excluding hydrogens is 286 g/mol. The van der Waals surface area contributed by atoms with E-state index in [0.717, 1.165) is 25.3 Å². The highest BCUT2D eigenvalue weighted by Gasteiger charge is 2.05. The third kappa shape index (κ3) is 9.39. The van der Waals surface area contributed by atoms with E-state index < -0.39 is 0 Å². The van der Waals surface area contributed by atoms with Crippen LogP contribution in [0.4, 0.5) is 0 Å². The number of hydrogen-bond acceptors (Lipinski definition) is 3. The first-order valence-electron chi connectivity index (χ1n) is 9.08. The van der Waals surface area contributed by atoms with E-state index in [4.69, 9.17) is 4.74 Å². The molecule has 0 aliphatic carbocycles. The topological polar surface area (TPSA) is 38.3 Å². The van der Waals surface area contributed by atoms with Gasteiger partial charge < -0.3 is 10.1 Å². The van der Waals surface area contributed by atoms with Crippen LogP contribution in [0.2, 0.25) is 0 Å². The number of carbonyl (C=O) groups excluding carboxylic acids is 1. The molecule has 0 atom stereocenters. The highest BCUT2D eigenvalue weighted by molar-refractivity contribution is 5.82. The fourth-order valence-electron chi connectivity index (χ4n) is 2.31. The Morgan fingerprint density at radius 3 is 2.35 bits per heavy atom. The average Bonchev–Trinajstić information content (AvgIpc) is 2.55. The second kappa shape index (κ2) is 12.1. The number of nitrogens with one attached hydrogen (secondary N) is 1. The Morgan fingerprint density at radius 2 is 1.70 bits per heavy atom. The van der Waals surface area contributed by atoms with E-state index >= 15 is 0 Å². The molecule has 0 bridgehead atoms. The van der Waals surface area contributed by atoms with Crippen LogP contribution in [-0.4, -0.2) is 18.9 Å².